The number of nitrogens with zero attached hydrogens (tertiary/aromatic N) is 1. The van der Waals surface area contributed by atoms with Crippen molar-refractivity contribution < 1.29 is 28.2 Å². The SMILES string of the molecule is CCNC(=O)CN1C(=O)COc2ccc(C(=O)COc3ccccc3F)cc21. The molecule has 1 aliphatic rings. The smallest absolute Gasteiger partial charge is 0.265 e. The molecule has 0 saturated heterocycles. The number of carbonyl (C=O) groups is 3. The highest BCUT2D eigenvalue weighted by Gasteiger charge is 2.28. The van der Waals surface area contributed by atoms with Crippen molar-refractivity contribution in [3.63, 3.8) is 0 Å². The Morgan fingerprint density at radius 2 is 2.04 bits per heavy atom. The first-order chi connectivity index (χ1) is 13.5. The summed E-state index contributed by atoms with van der Waals surface area (Å²) >= 11 is 0. The fraction of sp³-hybridized carbons (Fsp3) is 0.250. The van der Waals surface area contributed by atoms with E-state index in [4.69, 9.17) is 9.47 Å². The monoisotopic (exact) mass is 386 g/mol. The Morgan fingerprint density at radius 1 is 1.25 bits per heavy atom. The summed E-state index contributed by atoms with van der Waals surface area (Å²) in [6, 6.07) is 10.3. The summed E-state index contributed by atoms with van der Waals surface area (Å²) in [4.78, 5) is 37.8. The minimum atomic E-state index is -0.562. The molecule has 1 N–H and O–H groups in total. The first-order valence-electron chi connectivity index (χ1n) is 8.74. The average molecular weight is 386 g/mol. The van der Waals surface area contributed by atoms with Crippen LogP contribution in [0.5, 0.6) is 11.5 Å². The molecule has 1 aliphatic heterocycles. The van der Waals surface area contributed by atoms with E-state index in [0.717, 1.165) is 0 Å². The molecule has 2 aromatic carbocycles. The molecule has 2 aromatic rings. The van der Waals surface area contributed by atoms with E-state index in [1.54, 1.807) is 19.1 Å². The zero-order valence-corrected chi connectivity index (χ0v) is 15.2. The van der Waals surface area contributed by atoms with Crippen LogP contribution in [0.25, 0.3) is 0 Å². The number of hydrogen-bond acceptors (Lipinski definition) is 5. The van der Waals surface area contributed by atoms with Crippen LogP contribution in [0.3, 0.4) is 0 Å². The summed E-state index contributed by atoms with van der Waals surface area (Å²) in [7, 11) is 0. The van der Waals surface area contributed by atoms with E-state index in [-0.39, 0.29) is 42.9 Å². The van der Waals surface area contributed by atoms with Gasteiger partial charge in [-0.2, -0.15) is 0 Å². The van der Waals surface area contributed by atoms with Crippen molar-refractivity contribution in [1.29, 1.82) is 0 Å². The molecule has 0 atom stereocenters. The van der Waals surface area contributed by atoms with E-state index in [0.29, 0.717) is 18.0 Å². The van der Waals surface area contributed by atoms with Crippen molar-refractivity contribution in [3.05, 3.63) is 53.8 Å². The van der Waals surface area contributed by atoms with Gasteiger partial charge >= 0.3 is 0 Å². The van der Waals surface area contributed by atoms with E-state index in [2.05, 4.69) is 5.32 Å². The second kappa shape index (κ2) is 8.51. The Balaban J connectivity index is 1.78. The third-order valence-electron chi connectivity index (χ3n) is 4.09. The normalized spacial score (nSPS) is 12.8. The quantitative estimate of drug-likeness (QED) is 0.736. The fourth-order valence-electron chi connectivity index (χ4n) is 2.73. The second-order valence-corrected chi connectivity index (χ2v) is 6.05. The van der Waals surface area contributed by atoms with Crippen molar-refractivity contribution >= 4 is 23.3 Å². The van der Waals surface area contributed by atoms with Gasteiger partial charge in [-0.3, -0.25) is 19.3 Å². The van der Waals surface area contributed by atoms with Gasteiger partial charge in [-0.25, -0.2) is 4.39 Å². The van der Waals surface area contributed by atoms with Gasteiger partial charge in [0, 0.05) is 12.1 Å². The van der Waals surface area contributed by atoms with Crippen molar-refractivity contribution in [2.45, 2.75) is 6.92 Å². The number of Topliss-reactive ketones (excluding diaryl/α,β-unsaturated/α-hetero) is 1. The van der Waals surface area contributed by atoms with E-state index in [9.17, 15) is 18.8 Å². The number of amides is 2. The van der Waals surface area contributed by atoms with Crippen molar-refractivity contribution in [3.8, 4) is 11.5 Å². The molecule has 2 amide bonds. The van der Waals surface area contributed by atoms with Crippen LogP contribution in [-0.4, -0.2) is 43.9 Å². The van der Waals surface area contributed by atoms with Gasteiger partial charge in [0.1, 0.15) is 12.3 Å². The zero-order valence-electron chi connectivity index (χ0n) is 15.2. The van der Waals surface area contributed by atoms with Crippen LogP contribution in [0.4, 0.5) is 10.1 Å². The molecule has 0 saturated carbocycles. The van der Waals surface area contributed by atoms with Crippen LogP contribution in [0.1, 0.15) is 17.3 Å². The molecule has 28 heavy (non-hydrogen) atoms. The lowest BCUT2D eigenvalue weighted by Crippen LogP contribution is -2.45. The molecule has 0 radical (unpaired) electrons. The van der Waals surface area contributed by atoms with E-state index in [1.807, 2.05) is 0 Å². The summed E-state index contributed by atoms with van der Waals surface area (Å²) in [5.74, 6) is -1.29. The Morgan fingerprint density at radius 3 is 2.79 bits per heavy atom. The van der Waals surface area contributed by atoms with Crippen LogP contribution >= 0.6 is 0 Å². The van der Waals surface area contributed by atoms with Crippen LogP contribution in [0.15, 0.2) is 42.5 Å². The Kier molecular flexibility index (Phi) is 5.88. The molecular weight excluding hydrogens is 367 g/mol. The largest absolute Gasteiger partial charge is 0.482 e. The number of nitrogens with one attached hydrogen (secondary N) is 1. The number of hydrogen-bond donors (Lipinski definition) is 1. The maximum absolute atomic E-state index is 13.6. The highest BCUT2D eigenvalue weighted by Crippen LogP contribution is 2.33. The minimum absolute atomic E-state index is 0.0230. The molecular formula is C20H19FN2O5. The maximum Gasteiger partial charge on any atom is 0.265 e. The molecule has 0 unspecified atom stereocenters. The number of benzene rings is 2. The van der Waals surface area contributed by atoms with Crippen LogP contribution in [0.2, 0.25) is 0 Å². The molecule has 7 nitrogen and oxygen atoms in total. The molecule has 0 spiro atoms. The molecule has 146 valence electrons. The van der Waals surface area contributed by atoms with Gasteiger partial charge in [0.05, 0.1) is 5.69 Å². The lowest BCUT2D eigenvalue weighted by molar-refractivity contribution is -0.125. The van der Waals surface area contributed by atoms with E-state index < -0.39 is 11.6 Å². The zero-order chi connectivity index (χ0) is 20.1. The number of ether oxygens (including phenoxy) is 2. The van der Waals surface area contributed by atoms with Gasteiger partial charge in [0.2, 0.25) is 5.91 Å². The number of carbonyl (C=O) groups excluding carboxylic acids is 3. The summed E-state index contributed by atoms with van der Waals surface area (Å²) in [6.45, 7) is 1.49. The Bertz CT molecular complexity index is 915. The Labute approximate surface area is 161 Å². The summed E-state index contributed by atoms with van der Waals surface area (Å²) in [5, 5.41) is 2.63. The van der Waals surface area contributed by atoms with E-state index >= 15 is 0 Å². The van der Waals surface area contributed by atoms with Gasteiger partial charge in [0.25, 0.3) is 5.91 Å². The fourth-order valence-corrected chi connectivity index (χ4v) is 2.73. The van der Waals surface area contributed by atoms with Crippen LogP contribution in [0, 0.1) is 5.82 Å². The van der Waals surface area contributed by atoms with Crippen LogP contribution < -0.4 is 19.7 Å². The van der Waals surface area contributed by atoms with Crippen molar-refractivity contribution in [2.75, 3.05) is 31.2 Å². The number of rotatable bonds is 7. The van der Waals surface area contributed by atoms with Gasteiger partial charge < -0.3 is 14.8 Å². The molecule has 1 heterocycles. The molecule has 0 aromatic heterocycles. The average Bonchev–Trinajstić information content (AvgIpc) is 2.69. The first kappa shape index (κ1) is 19.3. The lowest BCUT2D eigenvalue weighted by Gasteiger charge is -2.29. The third-order valence-corrected chi connectivity index (χ3v) is 4.09. The van der Waals surface area contributed by atoms with Crippen molar-refractivity contribution in [1.82, 2.24) is 5.32 Å². The number of likely N-dealkylation sites (N-methyl/N-ethyl adjacent to an activating group) is 1. The topological polar surface area (TPSA) is 84.9 Å². The number of fused-ring (bicyclic) bond motifs is 1. The molecule has 3 rings (SSSR count). The van der Waals surface area contributed by atoms with Gasteiger partial charge in [-0.15, -0.1) is 0 Å². The third kappa shape index (κ3) is 4.28. The number of para-hydroxylation sites is 1. The summed E-state index contributed by atoms with van der Waals surface area (Å²) in [6.07, 6.45) is 0. The highest BCUT2D eigenvalue weighted by molar-refractivity contribution is 6.04. The van der Waals surface area contributed by atoms with Gasteiger partial charge in [-0.05, 0) is 37.3 Å². The van der Waals surface area contributed by atoms with E-state index in [1.165, 1.54) is 35.2 Å². The van der Waals surface area contributed by atoms with Crippen LogP contribution in [-0.2, 0) is 9.59 Å². The standard InChI is InChI=1S/C20H19FN2O5/c1-2-22-19(25)10-23-15-9-13(7-8-18(15)28-12-20(23)26)16(24)11-27-17-6-4-3-5-14(17)21/h3-9H,2,10-12H2,1H3,(H,22,25). The number of anilines is 1. The predicted molar refractivity (Wildman–Crippen MR) is 99.2 cm³/mol. The second-order valence-electron chi connectivity index (χ2n) is 6.05. The lowest BCUT2D eigenvalue weighted by atomic mass is 10.1. The van der Waals surface area contributed by atoms with Crippen molar-refractivity contribution in [2.24, 2.45) is 0 Å². The molecule has 0 fully saturated rings. The number of ketones is 1. The maximum atomic E-state index is 13.6. The number of halogens is 1. The molecule has 8 heteroatoms. The predicted octanol–water partition coefficient (Wildman–Crippen LogP) is 1.95. The summed E-state index contributed by atoms with van der Waals surface area (Å²) in [5.41, 5.74) is 0.591. The minimum Gasteiger partial charge on any atom is -0.482 e. The summed E-state index contributed by atoms with van der Waals surface area (Å²) < 4.78 is 24.2. The van der Waals surface area contributed by atoms with Gasteiger partial charge in [0.15, 0.2) is 30.6 Å². The molecule has 0 aliphatic carbocycles. The Hall–Kier alpha value is -3.42. The highest BCUT2D eigenvalue weighted by atomic mass is 19.1. The first-order valence-corrected chi connectivity index (χ1v) is 8.74. The van der Waals surface area contributed by atoms with Gasteiger partial charge in [-0.1, -0.05) is 12.1 Å². The molecule has 0 bridgehead atoms.